The van der Waals surface area contributed by atoms with Crippen LogP contribution in [-0.2, 0) is 0 Å². The molecule has 0 amide bonds. The van der Waals surface area contributed by atoms with E-state index in [1.54, 1.807) is 4.80 Å². The Kier molecular flexibility index (Phi) is 10.8. The van der Waals surface area contributed by atoms with Crippen molar-refractivity contribution in [3.05, 3.63) is 10.9 Å². The fourth-order valence-electron chi connectivity index (χ4n) is 3.91. The van der Waals surface area contributed by atoms with E-state index in [1.165, 1.54) is 51.4 Å². The highest BCUT2D eigenvalue weighted by Gasteiger charge is 2.35. The lowest BCUT2D eigenvalue weighted by molar-refractivity contribution is 0.516. The van der Waals surface area contributed by atoms with Crippen LogP contribution in [0.5, 0.6) is 0 Å². The van der Waals surface area contributed by atoms with Crippen molar-refractivity contribution in [3.63, 3.8) is 0 Å². The van der Waals surface area contributed by atoms with Crippen LogP contribution in [-0.4, -0.2) is 12.0 Å². The second-order valence-corrected chi connectivity index (χ2v) is 10.2. The summed E-state index contributed by atoms with van der Waals surface area (Å²) in [6.07, 6.45) is 13.8. The molecule has 1 saturated carbocycles. The first-order chi connectivity index (χ1) is 11.4. The van der Waals surface area contributed by atoms with Gasteiger partial charge in [0.2, 0.25) is 0 Å². The second-order valence-electron chi connectivity index (χ2n) is 8.86. The van der Waals surface area contributed by atoms with Gasteiger partial charge in [-0.15, -0.1) is 11.8 Å². The van der Waals surface area contributed by atoms with Gasteiger partial charge in [-0.05, 0) is 19.3 Å². The molecule has 0 aliphatic heterocycles. The number of thioether (sulfide) groups is 1. The predicted molar refractivity (Wildman–Crippen MR) is 116 cm³/mol. The lowest BCUT2D eigenvalue weighted by atomic mass is 9.31. The molecule has 24 heavy (non-hydrogen) atoms. The van der Waals surface area contributed by atoms with E-state index in [2.05, 4.69) is 66.3 Å². The molecule has 0 aromatic carbocycles. The number of allylic oxidation sites excluding steroid dienone is 1. The van der Waals surface area contributed by atoms with Gasteiger partial charge < -0.3 is 0 Å². The van der Waals surface area contributed by atoms with Crippen molar-refractivity contribution in [1.29, 1.82) is 0 Å². The molecule has 0 bridgehead atoms. The van der Waals surface area contributed by atoms with Crippen LogP contribution in [0.2, 0.25) is 11.6 Å². The normalized spacial score (nSPS) is 19.8. The summed E-state index contributed by atoms with van der Waals surface area (Å²) >= 11 is 2.28. The molecule has 1 fully saturated rings. The van der Waals surface area contributed by atoms with Gasteiger partial charge in [0.1, 0.15) is 0 Å². The van der Waals surface area contributed by atoms with Crippen molar-refractivity contribution in [2.24, 2.45) is 11.8 Å². The third-order valence-electron chi connectivity index (χ3n) is 6.32. The largest absolute Gasteiger partial charge is 0.190 e. The summed E-state index contributed by atoms with van der Waals surface area (Å²) in [4.78, 5) is 1.75. The highest BCUT2D eigenvalue weighted by atomic mass is 32.2. The van der Waals surface area contributed by atoms with Gasteiger partial charge in [-0.1, -0.05) is 115 Å². The molecule has 1 rings (SSSR count). The molecule has 0 spiro atoms. The Labute approximate surface area is 158 Å². The van der Waals surface area contributed by atoms with Crippen LogP contribution in [0.1, 0.15) is 99.8 Å². The summed E-state index contributed by atoms with van der Waals surface area (Å²) in [5, 5.41) is 0.882. The molecule has 0 saturated heterocycles. The van der Waals surface area contributed by atoms with Crippen LogP contribution in [0.4, 0.5) is 0 Å². The third-order valence-corrected chi connectivity index (χ3v) is 7.84. The molecule has 1 aliphatic rings. The standard InChI is InChI=1S/C22H43BS/c1-8-9-11-16-22(24-21-14-12-10-13-15-21)23(19(6)17(2)3)20(7)18(4)5/h16-21H,8-15H2,1-7H3/b22-16-. The number of unbranched alkanes of at least 4 members (excludes halogenated alkanes) is 2. The third kappa shape index (κ3) is 7.18. The van der Waals surface area contributed by atoms with Crippen molar-refractivity contribution in [1.82, 2.24) is 0 Å². The predicted octanol–water partition coefficient (Wildman–Crippen LogP) is 8.25. The summed E-state index contributed by atoms with van der Waals surface area (Å²) < 4.78 is 0. The Hall–Kier alpha value is 0.155. The minimum absolute atomic E-state index is 0.744. The SMILES string of the molecule is CCCC/C=C(\SC1CCCCC1)B(C(C)C(C)C)C(C)C(C)C. The lowest BCUT2D eigenvalue weighted by Crippen LogP contribution is -2.32. The highest BCUT2D eigenvalue weighted by Crippen LogP contribution is 2.43. The maximum Gasteiger partial charge on any atom is 0.190 e. The van der Waals surface area contributed by atoms with Gasteiger partial charge in [-0.3, -0.25) is 0 Å². The van der Waals surface area contributed by atoms with E-state index in [-0.39, 0.29) is 0 Å². The fraction of sp³-hybridized carbons (Fsp3) is 0.909. The Morgan fingerprint density at radius 2 is 1.50 bits per heavy atom. The molecule has 0 heterocycles. The smallest absolute Gasteiger partial charge is 0.137 e. The van der Waals surface area contributed by atoms with Gasteiger partial charge in [0.25, 0.3) is 0 Å². The fourth-order valence-corrected chi connectivity index (χ4v) is 5.67. The molecule has 2 atom stereocenters. The number of rotatable bonds is 10. The average Bonchev–Trinajstić information content (AvgIpc) is 2.55. The summed E-state index contributed by atoms with van der Waals surface area (Å²) in [6, 6.07) is 0. The first-order valence-electron chi connectivity index (χ1n) is 10.7. The van der Waals surface area contributed by atoms with Crippen LogP contribution < -0.4 is 0 Å². The van der Waals surface area contributed by atoms with Gasteiger partial charge in [-0.25, -0.2) is 0 Å². The van der Waals surface area contributed by atoms with Crippen molar-refractivity contribution < 1.29 is 0 Å². The van der Waals surface area contributed by atoms with Gasteiger partial charge >= 0.3 is 0 Å². The minimum atomic E-state index is 0.744. The van der Waals surface area contributed by atoms with Crippen molar-refractivity contribution >= 4 is 18.5 Å². The summed E-state index contributed by atoms with van der Waals surface area (Å²) in [6.45, 7) is 17.7. The zero-order chi connectivity index (χ0) is 18.1. The maximum atomic E-state index is 2.64. The van der Waals surface area contributed by atoms with E-state index < -0.39 is 0 Å². The summed E-state index contributed by atoms with van der Waals surface area (Å²) in [5.41, 5.74) is 0. The molecule has 0 aromatic rings. The van der Waals surface area contributed by atoms with Crippen molar-refractivity contribution in [2.45, 2.75) is 117 Å². The highest BCUT2D eigenvalue weighted by molar-refractivity contribution is 8.05. The summed E-state index contributed by atoms with van der Waals surface area (Å²) in [5.74, 6) is 3.06. The lowest BCUT2D eigenvalue weighted by Gasteiger charge is -2.35. The van der Waals surface area contributed by atoms with Crippen molar-refractivity contribution in [3.8, 4) is 0 Å². The molecule has 0 radical (unpaired) electrons. The topological polar surface area (TPSA) is 0 Å². The number of hydrogen-bond acceptors (Lipinski definition) is 1. The van der Waals surface area contributed by atoms with Gasteiger partial charge in [0, 0.05) is 5.25 Å². The minimum Gasteiger partial charge on any atom is -0.137 e. The Morgan fingerprint density at radius 3 is 1.96 bits per heavy atom. The number of hydrogen-bond donors (Lipinski definition) is 0. The van der Waals surface area contributed by atoms with E-state index in [0.717, 1.165) is 35.4 Å². The zero-order valence-corrected chi connectivity index (χ0v) is 18.4. The van der Waals surface area contributed by atoms with Gasteiger partial charge in [0.05, 0.1) is 0 Å². The van der Waals surface area contributed by atoms with E-state index in [1.807, 2.05) is 0 Å². The molecule has 2 unspecified atom stereocenters. The van der Waals surface area contributed by atoms with E-state index >= 15 is 0 Å². The molecule has 140 valence electrons. The van der Waals surface area contributed by atoms with Crippen LogP contribution in [0.25, 0.3) is 0 Å². The zero-order valence-electron chi connectivity index (χ0n) is 17.6. The molecule has 0 aromatic heterocycles. The Bertz CT molecular complexity index is 341. The molecule has 0 N–H and O–H groups in total. The van der Waals surface area contributed by atoms with E-state index in [9.17, 15) is 0 Å². The molecule has 1 aliphatic carbocycles. The van der Waals surface area contributed by atoms with Crippen LogP contribution in [0, 0.1) is 11.8 Å². The monoisotopic (exact) mass is 350 g/mol. The van der Waals surface area contributed by atoms with E-state index in [4.69, 9.17) is 0 Å². The second kappa shape index (κ2) is 11.7. The summed E-state index contributed by atoms with van der Waals surface area (Å²) in [7, 11) is 0. The van der Waals surface area contributed by atoms with Gasteiger partial charge in [-0.2, -0.15) is 0 Å². The quantitative estimate of drug-likeness (QED) is 0.282. The van der Waals surface area contributed by atoms with Gasteiger partial charge in [0.15, 0.2) is 6.71 Å². The molecule has 2 heteroatoms. The Morgan fingerprint density at radius 1 is 0.958 bits per heavy atom. The molecular weight excluding hydrogens is 307 g/mol. The van der Waals surface area contributed by atoms with Crippen LogP contribution in [0.3, 0.4) is 0 Å². The van der Waals surface area contributed by atoms with Crippen LogP contribution in [0.15, 0.2) is 10.9 Å². The molecule has 0 nitrogen and oxygen atoms in total. The molecular formula is C22H43BS. The van der Waals surface area contributed by atoms with E-state index in [0.29, 0.717) is 0 Å². The maximum absolute atomic E-state index is 2.64. The first-order valence-corrected chi connectivity index (χ1v) is 11.6. The van der Waals surface area contributed by atoms with Crippen molar-refractivity contribution in [2.75, 3.05) is 0 Å². The van der Waals surface area contributed by atoms with Crippen LogP contribution >= 0.6 is 11.8 Å². The Balaban J connectivity index is 3.00. The average molecular weight is 350 g/mol. The first kappa shape index (κ1) is 22.2.